The standard InChI is InChI=1S/C21H29N5OS/c1-15(2)17-9-8-16(3)12-18(17)27-14-20-24-26-19(22-23-21(26)28-20)13-25-10-6-4-5-7-11-25/h8-9,12,15H,4-7,10-11,13-14H2,1-3H3. The van der Waals surface area contributed by atoms with E-state index >= 15 is 0 Å². The van der Waals surface area contributed by atoms with Crippen molar-refractivity contribution in [3.05, 3.63) is 40.2 Å². The Morgan fingerprint density at radius 2 is 1.89 bits per heavy atom. The molecule has 0 bridgehead atoms. The molecule has 0 unspecified atom stereocenters. The SMILES string of the molecule is Cc1ccc(C(C)C)c(OCc2nn3c(CN4CCCCCC4)nnc3s2)c1. The van der Waals surface area contributed by atoms with E-state index in [1.165, 1.54) is 36.8 Å². The van der Waals surface area contributed by atoms with Crippen LogP contribution in [-0.2, 0) is 13.2 Å². The van der Waals surface area contributed by atoms with Crippen molar-refractivity contribution in [1.29, 1.82) is 0 Å². The normalized spacial score (nSPS) is 16.0. The average Bonchev–Trinajstić information content (AvgIpc) is 3.12. The van der Waals surface area contributed by atoms with Crippen LogP contribution in [0.3, 0.4) is 0 Å². The Labute approximate surface area is 170 Å². The zero-order chi connectivity index (χ0) is 19.5. The molecule has 1 fully saturated rings. The Kier molecular flexibility index (Phi) is 5.92. The van der Waals surface area contributed by atoms with Crippen LogP contribution in [0, 0.1) is 6.92 Å². The smallest absolute Gasteiger partial charge is 0.234 e. The summed E-state index contributed by atoms with van der Waals surface area (Å²) in [6, 6.07) is 6.41. The fourth-order valence-electron chi connectivity index (χ4n) is 3.73. The molecule has 1 saturated heterocycles. The van der Waals surface area contributed by atoms with E-state index < -0.39 is 0 Å². The summed E-state index contributed by atoms with van der Waals surface area (Å²) in [4.78, 5) is 3.32. The monoisotopic (exact) mass is 399 g/mol. The van der Waals surface area contributed by atoms with E-state index in [0.717, 1.165) is 41.2 Å². The van der Waals surface area contributed by atoms with Gasteiger partial charge in [-0.15, -0.1) is 10.2 Å². The maximum absolute atomic E-state index is 6.15. The number of ether oxygens (including phenoxy) is 1. The van der Waals surface area contributed by atoms with Crippen molar-refractivity contribution < 1.29 is 4.74 Å². The van der Waals surface area contributed by atoms with Gasteiger partial charge in [-0.3, -0.25) is 4.90 Å². The Morgan fingerprint density at radius 3 is 2.64 bits per heavy atom. The molecule has 0 amide bonds. The molecule has 1 aliphatic rings. The summed E-state index contributed by atoms with van der Waals surface area (Å²) in [6.45, 7) is 10.0. The van der Waals surface area contributed by atoms with E-state index in [1.54, 1.807) is 11.3 Å². The highest BCUT2D eigenvalue weighted by atomic mass is 32.1. The van der Waals surface area contributed by atoms with Gasteiger partial charge in [0.05, 0.1) is 6.54 Å². The number of aryl methyl sites for hydroxylation is 1. The highest BCUT2D eigenvalue weighted by Gasteiger charge is 2.17. The number of nitrogens with zero attached hydrogens (tertiary/aromatic N) is 5. The van der Waals surface area contributed by atoms with Crippen LogP contribution >= 0.6 is 11.3 Å². The zero-order valence-electron chi connectivity index (χ0n) is 17.0. The van der Waals surface area contributed by atoms with Crippen molar-refractivity contribution in [1.82, 2.24) is 24.7 Å². The third kappa shape index (κ3) is 4.36. The fourth-order valence-corrected chi connectivity index (χ4v) is 4.50. The van der Waals surface area contributed by atoms with Crippen LogP contribution in [0.2, 0.25) is 0 Å². The van der Waals surface area contributed by atoms with E-state index in [-0.39, 0.29) is 0 Å². The van der Waals surface area contributed by atoms with Gasteiger partial charge in [-0.05, 0) is 56.0 Å². The van der Waals surface area contributed by atoms with Crippen LogP contribution in [0.1, 0.15) is 67.4 Å². The number of rotatable bonds is 6. The minimum atomic E-state index is 0.425. The lowest BCUT2D eigenvalue weighted by Gasteiger charge is -2.17. The van der Waals surface area contributed by atoms with Crippen LogP contribution in [0.15, 0.2) is 18.2 Å². The van der Waals surface area contributed by atoms with E-state index in [1.807, 2.05) is 4.52 Å². The first kappa shape index (κ1) is 19.3. The van der Waals surface area contributed by atoms with Crippen molar-refractivity contribution in [3.63, 3.8) is 0 Å². The third-order valence-corrected chi connectivity index (χ3v) is 6.18. The van der Waals surface area contributed by atoms with Gasteiger partial charge in [-0.25, -0.2) is 0 Å². The van der Waals surface area contributed by atoms with Crippen LogP contribution in [-0.4, -0.2) is 37.8 Å². The summed E-state index contributed by atoms with van der Waals surface area (Å²) in [5, 5.41) is 14.4. The van der Waals surface area contributed by atoms with Gasteiger partial charge in [0.1, 0.15) is 12.4 Å². The predicted molar refractivity (Wildman–Crippen MR) is 112 cm³/mol. The number of fused-ring (bicyclic) bond motifs is 1. The van der Waals surface area contributed by atoms with Gasteiger partial charge in [-0.1, -0.05) is 50.2 Å². The van der Waals surface area contributed by atoms with Gasteiger partial charge in [-0.2, -0.15) is 9.61 Å². The van der Waals surface area contributed by atoms with Crippen molar-refractivity contribution >= 4 is 16.3 Å². The molecule has 6 nitrogen and oxygen atoms in total. The van der Waals surface area contributed by atoms with E-state index in [9.17, 15) is 0 Å². The molecule has 3 aromatic rings. The fraction of sp³-hybridized carbons (Fsp3) is 0.571. The van der Waals surface area contributed by atoms with Crippen LogP contribution in [0.4, 0.5) is 0 Å². The second-order valence-corrected chi connectivity index (χ2v) is 9.02. The van der Waals surface area contributed by atoms with E-state index in [4.69, 9.17) is 9.84 Å². The predicted octanol–water partition coefficient (Wildman–Crippen LogP) is 4.57. The Hall–Kier alpha value is -1.99. The molecule has 150 valence electrons. The lowest BCUT2D eigenvalue weighted by molar-refractivity contribution is 0.267. The molecule has 0 aliphatic carbocycles. The summed E-state index contributed by atoms with van der Waals surface area (Å²) >= 11 is 1.56. The van der Waals surface area contributed by atoms with Crippen molar-refractivity contribution in [3.8, 4) is 5.75 Å². The van der Waals surface area contributed by atoms with Gasteiger partial charge in [0, 0.05) is 0 Å². The zero-order valence-corrected chi connectivity index (χ0v) is 17.8. The Balaban J connectivity index is 1.47. The van der Waals surface area contributed by atoms with Gasteiger partial charge in [0.15, 0.2) is 10.8 Å². The molecule has 1 aromatic carbocycles. The molecular formula is C21H29N5OS. The molecule has 0 N–H and O–H groups in total. The van der Waals surface area contributed by atoms with Gasteiger partial charge >= 0.3 is 0 Å². The summed E-state index contributed by atoms with van der Waals surface area (Å²) in [5.74, 6) is 2.30. The van der Waals surface area contributed by atoms with E-state index in [2.05, 4.69) is 54.1 Å². The Bertz CT molecular complexity index is 924. The molecule has 3 heterocycles. The number of hydrogen-bond acceptors (Lipinski definition) is 6. The first-order valence-corrected chi connectivity index (χ1v) is 11.1. The molecule has 4 rings (SSSR count). The van der Waals surface area contributed by atoms with Crippen molar-refractivity contribution in [2.45, 2.75) is 65.5 Å². The lowest BCUT2D eigenvalue weighted by Crippen LogP contribution is -2.25. The summed E-state index contributed by atoms with van der Waals surface area (Å²) in [6.07, 6.45) is 5.21. The summed E-state index contributed by atoms with van der Waals surface area (Å²) in [7, 11) is 0. The second kappa shape index (κ2) is 8.57. The van der Waals surface area contributed by atoms with Crippen molar-refractivity contribution in [2.24, 2.45) is 0 Å². The second-order valence-electron chi connectivity index (χ2n) is 7.98. The molecule has 0 spiro atoms. The van der Waals surface area contributed by atoms with Gasteiger partial charge in [0.2, 0.25) is 4.96 Å². The van der Waals surface area contributed by atoms with Crippen molar-refractivity contribution in [2.75, 3.05) is 13.1 Å². The molecule has 0 radical (unpaired) electrons. The summed E-state index contributed by atoms with van der Waals surface area (Å²) < 4.78 is 8.04. The molecule has 28 heavy (non-hydrogen) atoms. The molecule has 7 heteroatoms. The first-order valence-electron chi connectivity index (χ1n) is 10.3. The maximum Gasteiger partial charge on any atom is 0.234 e. The largest absolute Gasteiger partial charge is 0.486 e. The highest BCUT2D eigenvalue weighted by Crippen LogP contribution is 2.28. The molecular weight excluding hydrogens is 370 g/mol. The average molecular weight is 400 g/mol. The molecule has 0 saturated carbocycles. The van der Waals surface area contributed by atoms with Gasteiger partial charge in [0.25, 0.3) is 0 Å². The van der Waals surface area contributed by atoms with E-state index in [0.29, 0.717) is 12.5 Å². The highest BCUT2D eigenvalue weighted by molar-refractivity contribution is 7.16. The number of hydrogen-bond donors (Lipinski definition) is 0. The van der Waals surface area contributed by atoms with Crippen LogP contribution in [0.5, 0.6) is 5.75 Å². The quantitative estimate of drug-likeness (QED) is 0.608. The third-order valence-electron chi connectivity index (χ3n) is 5.30. The molecule has 2 aromatic heterocycles. The Morgan fingerprint density at radius 1 is 1.11 bits per heavy atom. The van der Waals surface area contributed by atoms with Crippen LogP contribution in [0.25, 0.3) is 4.96 Å². The first-order chi connectivity index (χ1) is 13.6. The molecule has 1 aliphatic heterocycles. The lowest BCUT2D eigenvalue weighted by atomic mass is 10.0. The topological polar surface area (TPSA) is 55.6 Å². The van der Waals surface area contributed by atoms with Crippen LogP contribution < -0.4 is 4.74 Å². The maximum atomic E-state index is 6.15. The summed E-state index contributed by atoms with van der Waals surface area (Å²) in [5.41, 5.74) is 2.44. The number of benzene rings is 1. The molecule has 0 atom stereocenters. The minimum Gasteiger partial charge on any atom is -0.486 e. The minimum absolute atomic E-state index is 0.425. The number of likely N-dealkylation sites (tertiary alicyclic amines) is 1. The number of aromatic nitrogens is 4. The van der Waals surface area contributed by atoms with Gasteiger partial charge < -0.3 is 4.74 Å².